The highest BCUT2D eigenvalue weighted by atomic mass is 35.5. The van der Waals surface area contributed by atoms with Gasteiger partial charge in [-0.2, -0.15) is 0 Å². The number of rotatable bonds is 6. The summed E-state index contributed by atoms with van der Waals surface area (Å²) < 4.78 is 5.72. The van der Waals surface area contributed by atoms with Gasteiger partial charge in [-0.1, -0.05) is 23.7 Å². The van der Waals surface area contributed by atoms with Crippen molar-refractivity contribution in [2.24, 2.45) is 0 Å². The van der Waals surface area contributed by atoms with Crippen LogP contribution in [-0.4, -0.2) is 41.8 Å². The predicted octanol–water partition coefficient (Wildman–Crippen LogP) is 2.95. The van der Waals surface area contributed by atoms with Crippen LogP contribution in [0.3, 0.4) is 0 Å². The second kappa shape index (κ2) is 7.13. The molecule has 1 heterocycles. The summed E-state index contributed by atoms with van der Waals surface area (Å²) >= 11 is 6.05. The number of benzene rings is 1. The lowest BCUT2D eigenvalue weighted by molar-refractivity contribution is 0.124. The molecular weight excluding hydrogens is 262 g/mol. The lowest BCUT2D eigenvalue weighted by Gasteiger charge is -2.25. The molecule has 3 nitrogen and oxygen atoms in total. The zero-order valence-corrected chi connectivity index (χ0v) is 12.1. The number of aliphatic hydroxyl groups is 1. The van der Waals surface area contributed by atoms with E-state index in [4.69, 9.17) is 16.3 Å². The largest absolute Gasteiger partial charge is 0.491 e. The Kier molecular flexibility index (Phi) is 5.49. The topological polar surface area (TPSA) is 32.7 Å². The highest BCUT2D eigenvalue weighted by molar-refractivity contribution is 6.32. The molecule has 2 rings (SSSR count). The first-order chi connectivity index (χ1) is 9.16. The zero-order valence-electron chi connectivity index (χ0n) is 11.4. The molecule has 1 aliphatic heterocycles. The smallest absolute Gasteiger partial charge is 0.137 e. The number of para-hydroxylation sites is 1. The van der Waals surface area contributed by atoms with Crippen LogP contribution in [0.4, 0.5) is 0 Å². The van der Waals surface area contributed by atoms with Crippen LogP contribution in [0, 0.1) is 0 Å². The van der Waals surface area contributed by atoms with E-state index in [2.05, 4.69) is 4.90 Å². The van der Waals surface area contributed by atoms with Crippen LogP contribution in [0.25, 0.3) is 0 Å². The highest BCUT2D eigenvalue weighted by Crippen LogP contribution is 2.24. The van der Waals surface area contributed by atoms with Gasteiger partial charge in [0.2, 0.25) is 0 Å². The maximum atomic E-state index is 9.50. The van der Waals surface area contributed by atoms with E-state index in [1.165, 1.54) is 12.8 Å². The Labute approximate surface area is 120 Å². The van der Waals surface area contributed by atoms with Gasteiger partial charge in [0.1, 0.15) is 12.4 Å². The Hall–Kier alpha value is -0.770. The molecule has 1 aromatic rings. The molecule has 1 saturated heterocycles. The minimum Gasteiger partial charge on any atom is -0.491 e. The van der Waals surface area contributed by atoms with E-state index in [0.29, 0.717) is 17.7 Å². The van der Waals surface area contributed by atoms with Crippen LogP contribution in [0.15, 0.2) is 24.3 Å². The SMILES string of the molecule is CC(O)CC1CCCN1CCOc1ccccc1Cl. The third-order valence-electron chi connectivity index (χ3n) is 3.58. The van der Waals surface area contributed by atoms with Crippen LogP contribution in [0.1, 0.15) is 26.2 Å². The van der Waals surface area contributed by atoms with Gasteiger partial charge in [0, 0.05) is 12.6 Å². The van der Waals surface area contributed by atoms with E-state index in [9.17, 15) is 5.11 Å². The van der Waals surface area contributed by atoms with Crippen molar-refractivity contribution in [2.45, 2.75) is 38.3 Å². The van der Waals surface area contributed by atoms with Crippen LogP contribution >= 0.6 is 11.6 Å². The van der Waals surface area contributed by atoms with Crippen molar-refractivity contribution in [1.82, 2.24) is 4.90 Å². The fourth-order valence-electron chi connectivity index (χ4n) is 2.68. The molecule has 2 unspecified atom stereocenters. The van der Waals surface area contributed by atoms with E-state index in [-0.39, 0.29) is 6.10 Å². The Bertz CT molecular complexity index is 397. The fraction of sp³-hybridized carbons (Fsp3) is 0.600. The summed E-state index contributed by atoms with van der Waals surface area (Å²) in [5.74, 6) is 0.746. The monoisotopic (exact) mass is 283 g/mol. The molecule has 2 atom stereocenters. The Balaban J connectivity index is 1.77. The van der Waals surface area contributed by atoms with E-state index in [1.807, 2.05) is 31.2 Å². The molecule has 0 bridgehead atoms. The summed E-state index contributed by atoms with van der Waals surface area (Å²) in [6.45, 7) is 4.49. The molecule has 0 aliphatic carbocycles. The van der Waals surface area contributed by atoms with E-state index in [1.54, 1.807) is 0 Å². The van der Waals surface area contributed by atoms with Crippen molar-refractivity contribution in [3.05, 3.63) is 29.3 Å². The first-order valence-electron chi connectivity index (χ1n) is 6.96. The minimum atomic E-state index is -0.227. The number of aliphatic hydroxyl groups excluding tert-OH is 1. The maximum Gasteiger partial charge on any atom is 0.137 e. The Morgan fingerprint density at radius 2 is 2.26 bits per heavy atom. The summed E-state index contributed by atoms with van der Waals surface area (Å²) in [6, 6.07) is 8.04. The number of halogens is 1. The van der Waals surface area contributed by atoms with Gasteiger partial charge in [-0.25, -0.2) is 0 Å². The van der Waals surface area contributed by atoms with Gasteiger partial charge >= 0.3 is 0 Å². The molecule has 19 heavy (non-hydrogen) atoms. The van der Waals surface area contributed by atoms with Gasteiger partial charge in [-0.3, -0.25) is 4.90 Å². The van der Waals surface area contributed by atoms with E-state index < -0.39 is 0 Å². The molecule has 4 heteroatoms. The third kappa shape index (κ3) is 4.37. The molecule has 0 saturated carbocycles. The number of hydrogen-bond donors (Lipinski definition) is 1. The molecule has 0 amide bonds. The molecule has 0 spiro atoms. The number of hydrogen-bond acceptors (Lipinski definition) is 3. The number of nitrogens with zero attached hydrogens (tertiary/aromatic N) is 1. The first kappa shape index (κ1) is 14.6. The molecule has 1 N–H and O–H groups in total. The summed E-state index contributed by atoms with van der Waals surface area (Å²) in [6.07, 6.45) is 3.02. The van der Waals surface area contributed by atoms with Crippen molar-refractivity contribution in [2.75, 3.05) is 19.7 Å². The highest BCUT2D eigenvalue weighted by Gasteiger charge is 2.25. The molecule has 1 aliphatic rings. The van der Waals surface area contributed by atoms with Crippen LogP contribution in [-0.2, 0) is 0 Å². The van der Waals surface area contributed by atoms with E-state index in [0.717, 1.165) is 25.3 Å². The molecule has 106 valence electrons. The van der Waals surface area contributed by atoms with Crippen molar-refractivity contribution in [3.8, 4) is 5.75 Å². The van der Waals surface area contributed by atoms with Crippen molar-refractivity contribution in [1.29, 1.82) is 0 Å². The summed E-state index contributed by atoms with van der Waals surface area (Å²) in [5.41, 5.74) is 0. The van der Waals surface area contributed by atoms with E-state index >= 15 is 0 Å². The summed E-state index contributed by atoms with van der Waals surface area (Å²) in [7, 11) is 0. The van der Waals surface area contributed by atoms with Gasteiger partial charge in [-0.05, 0) is 44.9 Å². The van der Waals surface area contributed by atoms with Crippen LogP contribution in [0.2, 0.25) is 5.02 Å². The predicted molar refractivity (Wildman–Crippen MR) is 77.8 cm³/mol. The van der Waals surface area contributed by atoms with Gasteiger partial charge < -0.3 is 9.84 Å². The van der Waals surface area contributed by atoms with Crippen molar-refractivity contribution >= 4 is 11.6 Å². The Morgan fingerprint density at radius 3 is 3.00 bits per heavy atom. The average molecular weight is 284 g/mol. The lowest BCUT2D eigenvalue weighted by atomic mass is 10.1. The zero-order chi connectivity index (χ0) is 13.7. The normalized spacial score (nSPS) is 21.5. The summed E-state index contributed by atoms with van der Waals surface area (Å²) in [5, 5.41) is 10.2. The second-order valence-electron chi connectivity index (χ2n) is 5.20. The van der Waals surface area contributed by atoms with Gasteiger partial charge in [-0.15, -0.1) is 0 Å². The Morgan fingerprint density at radius 1 is 1.47 bits per heavy atom. The minimum absolute atomic E-state index is 0.227. The van der Waals surface area contributed by atoms with Crippen molar-refractivity contribution in [3.63, 3.8) is 0 Å². The summed E-state index contributed by atoms with van der Waals surface area (Å²) in [4.78, 5) is 2.41. The maximum absolute atomic E-state index is 9.50. The quantitative estimate of drug-likeness (QED) is 0.871. The molecular formula is C15H22ClNO2. The average Bonchev–Trinajstić information content (AvgIpc) is 2.78. The van der Waals surface area contributed by atoms with Crippen LogP contribution in [0.5, 0.6) is 5.75 Å². The molecule has 0 radical (unpaired) electrons. The molecule has 0 aromatic heterocycles. The third-order valence-corrected chi connectivity index (χ3v) is 3.90. The number of likely N-dealkylation sites (tertiary alicyclic amines) is 1. The van der Waals surface area contributed by atoms with Gasteiger partial charge in [0.25, 0.3) is 0 Å². The lowest BCUT2D eigenvalue weighted by Crippen LogP contribution is -2.35. The number of ether oxygens (including phenoxy) is 1. The second-order valence-corrected chi connectivity index (χ2v) is 5.60. The van der Waals surface area contributed by atoms with Gasteiger partial charge in [0.15, 0.2) is 0 Å². The van der Waals surface area contributed by atoms with Gasteiger partial charge in [0.05, 0.1) is 11.1 Å². The standard InChI is InChI=1S/C15H22ClNO2/c1-12(18)11-13-5-4-8-17(13)9-10-19-15-7-3-2-6-14(15)16/h2-3,6-7,12-13,18H,4-5,8-11H2,1H3. The van der Waals surface area contributed by atoms with Crippen molar-refractivity contribution < 1.29 is 9.84 Å². The molecule has 1 aromatic carbocycles. The van der Waals surface area contributed by atoms with Crippen LogP contribution < -0.4 is 4.74 Å². The molecule has 1 fully saturated rings. The first-order valence-corrected chi connectivity index (χ1v) is 7.34. The fourth-order valence-corrected chi connectivity index (χ4v) is 2.88.